The number of rotatable bonds is 4. The Morgan fingerprint density at radius 1 is 1.21 bits per heavy atom. The Labute approximate surface area is 194 Å². The fraction of sp³-hybridized carbons (Fsp3) is 0.292. The van der Waals surface area contributed by atoms with Gasteiger partial charge in [-0.1, -0.05) is 23.7 Å². The van der Waals surface area contributed by atoms with Crippen LogP contribution in [0.4, 0.5) is 9.18 Å². The molecule has 0 unspecified atom stereocenters. The minimum atomic E-state index is -0.892. The molecular weight excluding hydrogens is 451 g/mol. The molecule has 9 heteroatoms. The van der Waals surface area contributed by atoms with Crippen LogP contribution in [0.15, 0.2) is 51.7 Å². The Balaban J connectivity index is 1.59. The number of nitrogens with zero attached hydrogens (tertiary/aromatic N) is 2. The zero-order valence-electron chi connectivity index (χ0n) is 17.9. The van der Waals surface area contributed by atoms with E-state index in [4.69, 9.17) is 16.0 Å². The van der Waals surface area contributed by atoms with Crippen molar-refractivity contribution in [3.63, 3.8) is 0 Å². The molecule has 3 aromatic rings. The summed E-state index contributed by atoms with van der Waals surface area (Å²) in [5, 5.41) is 10.1. The maximum absolute atomic E-state index is 13.5. The van der Waals surface area contributed by atoms with Gasteiger partial charge >= 0.3 is 17.6 Å². The summed E-state index contributed by atoms with van der Waals surface area (Å²) < 4.78 is 18.8. The highest BCUT2D eigenvalue weighted by Crippen LogP contribution is 2.33. The molecule has 172 valence electrons. The number of fused-ring (bicyclic) bond motifs is 1. The highest BCUT2D eigenvalue weighted by atomic mass is 35.5. The molecule has 1 saturated heterocycles. The van der Waals surface area contributed by atoms with Crippen LogP contribution in [0.1, 0.15) is 18.4 Å². The van der Waals surface area contributed by atoms with Gasteiger partial charge in [0.05, 0.1) is 10.9 Å². The van der Waals surface area contributed by atoms with Gasteiger partial charge in [0.15, 0.2) is 0 Å². The van der Waals surface area contributed by atoms with Gasteiger partial charge in [-0.2, -0.15) is 0 Å². The van der Waals surface area contributed by atoms with E-state index >= 15 is 0 Å². The number of piperidine rings is 1. The summed E-state index contributed by atoms with van der Waals surface area (Å²) in [6.07, 6.45) is 1.21. The van der Waals surface area contributed by atoms with Crippen LogP contribution in [0, 0.1) is 11.7 Å². The van der Waals surface area contributed by atoms with E-state index < -0.39 is 23.3 Å². The summed E-state index contributed by atoms with van der Waals surface area (Å²) in [5.41, 5.74) is 1.51. The molecule has 0 spiro atoms. The van der Waals surface area contributed by atoms with E-state index in [1.165, 1.54) is 29.2 Å². The fourth-order valence-corrected chi connectivity index (χ4v) is 4.44. The quantitative estimate of drug-likeness (QED) is 0.560. The predicted molar refractivity (Wildman–Crippen MR) is 122 cm³/mol. The second kappa shape index (κ2) is 9.23. The number of carboxylic acids is 1. The van der Waals surface area contributed by atoms with Gasteiger partial charge in [-0.25, -0.2) is 14.0 Å². The first kappa shape index (κ1) is 22.8. The van der Waals surface area contributed by atoms with E-state index in [0.717, 1.165) is 5.56 Å². The molecule has 1 atom stereocenters. The monoisotopic (exact) mass is 472 g/mol. The molecule has 0 saturated carbocycles. The molecule has 0 aliphatic carbocycles. The van der Waals surface area contributed by atoms with Crippen LogP contribution in [-0.4, -0.2) is 47.0 Å². The number of hydrogen-bond donors (Lipinski definition) is 1. The number of amides is 2. The van der Waals surface area contributed by atoms with Gasteiger partial charge < -0.3 is 19.3 Å². The standard InChI is InChI=1S/C24H22ClFN2O5/c1-27(24(32)28-8-2-3-15(13-28)23(30)31)12-14-4-6-18-19(11-22(29)33-21(18)9-14)17-7-5-16(26)10-20(17)25/h4-7,9-11,15H,2-3,8,12-13H2,1H3,(H,30,31)/t15-/m0/s1. The highest BCUT2D eigenvalue weighted by molar-refractivity contribution is 6.33. The average Bonchev–Trinajstić information content (AvgIpc) is 2.78. The summed E-state index contributed by atoms with van der Waals surface area (Å²) in [7, 11) is 1.64. The van der Waals surface area contributed by atoms with Crippen molar-refractivity contribution in [2.24, 2.45) is 5.92 Å². The zero-order valence-corrected chi connectivity index (χ0v) is 18.6. The van der Waals surface area contributed by atoms with Gasteiger partial charge in [0.2, 0.25) is 0 Å². The third-order valence-electron chi connectivity index (χ3n) is 5.82. The molecule has 7 nitrogen and oxygen atoms in total. The molecule has 33 heavy (non-hydrogen) atoms. The maximum Gasteiger partial charge on any atom is 0.336 e. The first-order valence-corrected chi connectivity index (χ1v) is 10.9. The van der Waals surface area contributed by atoms with Crippen molar-refractivity contribution in [3.05, 3.63) is 69.3 Å². The number of carboxylic acid groups (broad SMARTS) is 1. The molecule has 4 rings (SSSR count). The molecule has 2 heterocycles. The summed E-state index contributed by atoms with van der Waals surface area (Å²) >= 11 is 6.20. The van der Waals surface area contributed by atoms with Crippen LogP contribution in [0.25, 0.3) is 22.1 Å². The van der Waals surface area contributed by atoms with Gasteiger partial charge in [0, 0.05) is 49.3 Å². The number of hydrogen-bond acceptors (Lipinski definition) is 4. The normalized spacial score (nSPS) is 16.1. The first-order valence-electron chi connectivity index (χ1n) is 10.5. The third-order valence-corrected chi connectivity index (χ3v) is 6.13. The number of carbonyl (C=O) groups excluding carboxylic acids is 1. The molecule has 0 radical (unpaired) electrons. The van der Waals surface area contributed by atoms with Crippen molar-refractivity contribution < 1.29 is 23.5 Å². The van der Waals surface area contributed by atoms with Gasteiger partial charge in [0.1, 0.15) is 11.4 Å². The van der Waals surface area contributed by atoms with Gasteiger partial charge in [-0.15, -0.1) is 0 Å². The topological polar surface area (TPSA) is 91.1 Å². The zero-order chi connectivity index (χ0) is 23.7. The SMILES string of the molecule is CN(Cc1ccc2c(-c3ccc(F)cc3Cl)cc(=O)oc2c1)C(=O)N1CCC[C@H](C(=O)O)C1. The number of urea groups is 1. The van der Waals surface area contributed by atoms with Crippen molar-refractivity contribution in [2.75, 3.05) is 20.1 Å². The lowest BCUT2D eigenvalue weighted by Crippen LogP contribution is -2.47. The largest absolute Gasteiger partial charge is 0.481 e. The summed E-state index contributed by atoms with van der Waals surface area (Å²) in [4.78, 5) is 39.4. The number of aliphatic carboxylic acids is 1. The van der Waals surface area contributed by atoms with Gasteiger partial charge in [-0.05, 0) is 42.7 Å². The van der Waals surface area contributed by atoms with E-state index in [1.54, 1.807) is 24.1 Å². The van der Waals surface area contributed by atoms with Crippen LogP contribution in [0.5, 0.6) is 0 Å². The van der Waals surface area contributed by atoms with Crippen molar-refractivity contribution >= 4 is 34.6 Å². The second-order valence-electron chi connectivity index (χ2n) is 8.20. The molecule has 2 amide bonds. The number of benzene rings is 2. The first-order chi connectivity index (χ1) is 15.7. The van der Waals surface area contributed by atoms with Gasteiger partial charge in [0.25, 0.3) is 0 Å². The van der Waals surface area contributed by atoms with Gasteiger partial charge in [-0.3, -0.25) is 4.79 Å². The van der Waals surface area contributed by atoms with Crippen molar-refractivity contribution in [2.45, 2.75) is 19.4 Å². The number of likely N-dealkylation sites (tertiary alicyclic amines) is 1. The van der Waals surface area contributed by atoms with E-state index in [-0.39, 0.29) is 24.1 Å². The van der Waals surface area contributed by atoms with Crippen molar-refractivity contribution in [1.82, 2.24) is 9.80 Å². The smallest absolute Gasteiger partial charge is 0.336 e. The van der Waals surface area contributed by atoms with Crippen LogP contribution in [0.2, 0.25) is 5.02 Å². The average molecular weight is 473 g/mol. The lowest BCUT2D eigenvalue weighted by atomic mass is 9.98. The van der Waals surface area contributed by atoms with Crippen LogP contribution in [0.3, 0.4) is 0 Å². The van der Waals surface area contributed by atoms with E-state index in [9.17, 15) is 23.9 Å². The molecule has 1 aliphatic rings. The Morgan fingerprint density at radius 2 is 2.00 bits per heavy atom. The lowest BCUT2D eigenvalue weighted by molar-refractivity contribution is -0.143. The van der Waals surface area contributed by atoms with Crippen molar-refractivity contribution in [3.8, 4) is 11.1 Å². The second-order valence-corrected chi connectivity index (χ2v) is 8.60. The van der Waals surface area contributed by atoms with Crippen LogP contribution >= 0.6 is 11.6 Å². The fourth-order valence-electron chi connectivity index (χ4n) is 4.17. The Morgan fingerprint density at radius 3 is 2.73 bits per heavy atom. The number of halogens is 2. The summed E-state index contributed by atoms with van der Waals surface area (Å²) in [6.45, 7) is 0.947. The molecule has 0 bridgehead atoms. The minimum Gasteiger partial charge on any atom is -0.481 e. The van der Waals surface area contributed by atoms with E-state index in [1.807, 2.05) is 6.07 Å². The number of carbonyl (C=O) groups is 2. The molecule has 1 N–H and O–H groups in total. The summed E-state index contributed by atoms with van der Waals surface area (Å²) in [6, 6.07) is 10.3. The Kier molecular flexibility index (Phi) is 6.37. The molecule has 1 aromatic heterocycles. The lowest BCUT2D eigenvalue weighted by Gasteiger charge is -2.33. The van der Waals surface area contributed by atoms with Crippen molar-refractivity contribution in [1.29, 1.82) is 0 Å². The minimum absolute atomic E-state index is 0.178. The molecule has 1 fully saturated rings. The molecule has 2 aromatic carbocycles. The summed E-state index contributed by atoms with van der Waals surface area (Å²) in [5.74, 6) is -1.92. The van der Waals surface area contributed by atoms with E-state index in [0.29, 0.717) is 41.5 Å². The van der Waals surface area contributed by atoms with Crippen LogP contribution < -0.4 is 5.63 Å². The Bertz CT molecular complexity index is 1290. The third kappa shape index (κ3) is 4.85. The predicted octanol–water partition coefficient (Wildman–Crippen LogP) is 4.60. The highest BCUT2D eigenvalue weighted by Gasteiger charge is 2.29. The van der Waals surface area contributed by atoms with E-state index in [2.05, 4.69) is 0 Å². The van der Waals surface area contributed by atoms with Crippen LogP contribution in [-0.2, 0) is 11.3 Å². The molecule has 1 aliphatic heterocycles. The Hall–Kier alpha value is -3.39. The molecular formula is C24H22ClFN2O5. The maximum atomic E-state index is 13.5.